The lowest BCUT2D eigenvalue weighted by Crippen LogP contribution is -2.34. The molecule has 9 heteroatoms. The summed E-state index contributed by atoms with van der Waals surface area (Å²) >= 11 is 1.53. The number of aryl methyl sites for hydroxylation is 1. The fraction of sp³-hybridized carbons (Fsp3) is 0.478. The minimum atomic E-state index is -1.06. The van der Waals surface area contributed by atoms with Crippen LogP contribution in [0.5, 0.6) is 0 Å². The van der Waals surface area contributed by atoms with E-state index in [1.165, 1.54) is 23.5 Å². The Bertz CT molecular complexity index is 1150. The number of likely N-dealkylation sites (tertiary alicyclic amines) is 1. The van der Waals surface area contributed by atoms with E-state index in [0.29, 0.717) is 29.4 Å². The molecule has 2 aromatic heterocycles. The Labute approximate surface area is 192 Å². The first-order valence-electron chi connectivity index (χ1n) is 11.1. The van der Waals surface area contributed by atoms with Gasteiger partial charge in [0.1, 0.15) is 5.82 Å². The number of aromatic nitrogens is 1. The van der Waals surface area contributed by atoms with Gasteiger partial charge in [-0.1, -0.05) is 5.16 Å². The topological polar surface area (TPSA) is 75.4 Å². The van der Waals surface area contributed by atoms with Crippen molar-refractivity contribution in [1.29, 1.82) is 0 Å². The van der Waals surface area contributed by atoms with Crippen LogP contribution in [0.1, 0.15) is 52.5 Å². The maximum Gasteiger partial charge on any atom is 0.252 e. The van der Waals surface area contributed by atoms with Gasteiger partial charge in [0.2, 0.25) is 0 Å². The fourth-order valence-electron chi connectivity index (χ4n) is 4.62. The Morgan fingerprint density at radius 1 is 1.28 bits per heavy atom. The van der Waals surface area contributed by atoms with Crippen molar-refractivity contribution in [3.05, 3.63) is 46.2 Å². The van der Waals surface area contributed by atoms with Crippen molar-refractivity contribution in [1.82, 2.24) is 15.4 Å². The third-order valence-electron chi connectivity index (χ3n) is 6.36. The molecule has 0 spiro atoms. The molecule has 0 radical (unpaired) electrons. The molecule has 2 aliphatic rings. The van der Waals surface area contributed by atoms with E-state index in [0.717, 1.165) is 71.9 Å². The smallest absolute Gasteiger partial charge is 0.252 e. The molecule has 1 amide bonds. The van der Waals surface area contributed by atoms with Crippen molar-refractivity contribution in [2.45, 2.75) is 42.2 Å². The Hall–Kier alpha value is -2.10. The summed E-state index contributed by atoms with van der Waals surface area (Å²) in [5.41, 5.74) is 2.15. The lowest BCUT2D eigenvalue weighted by Gasteiger charge is -2.31. The predicted octanol–water partition coefficient (Wildman–Crippen LogP) is 4.08. The van der Waals surface area contributed by atoms with E-state index in [1.54, 1.807) is 6.07 Å². The molecule has 1 aromatic carbocycles. The zero-order chi connectivity index (χ0) is 22.1. The molecule has 5 rings (SSSR count). The standard InChI is InChI=1S/C23H26FN3O3S2/c24-16-4-5-17-19(13-16)30-26-22(17)15-6-10-27(11-7-15)9-2-12-32(29)21-14-18-20(31-21)3-1-8-25-23(18)28/h4-5,13-15H,1-3,6-12H2,(H,25,28). The Kier molecular flexibility index (Phi) is 6.39. The van der Waals surface area contributed by atoms with Gasteiger partial charge in [0, 0.05) is 34.5 Å². The van der Waals surface area contributed by atoms with Crippen LogP contribution in [-0.4, -0.2) is 52.1 Å². The highest BCUT2D eigenvalue weighted by Gasteiger charge is 2.25. The van der Waals surface area contributed by atoms with Crippen molar-refractivity contribution in [3.8, 4) is 0 Å². The molecular weight excluding hydrogens is 449 g/mol. The van der Waals surface area contributed by atoms with E-state index in [-0.39, 0.29) is 11.7 Å². The van der Waals surface area contributed by atoms with Crippen LogP contribution in [0.25, 0.3) is 11.0 Å². The quantitative estimate of drug-likeness (QED) is 0.581. The van der Waals surface area contributed by atoms with Gasteiger partial charge in [-0.05, 0) is 69.9 Å². The van der Waals surface area contributed by atoms with E-state index in [4.69, 9.17) is 4.52 Å². The van der Waals surface area contributed by atoms with Gasteiger partial charge in [0.25, 0.3) is 5.91 Å². The van der Waals surface area contributed by atoms with Crippen LogP contribution in [0.3, 0.4) is 0 Å². The number of carbonyl (C=O) groups excluding carboxylic acids is 1. The van der Waals surface area contributed by atoms with Gasteiger partial charge in [-0.15, -0.1) is 11.3 Å². The molecular formula is C23H26FN3O3S2. The fourth-order valence-corrected chi connectivity index (χ4v) is 7.31. The maximum absolute atomic E-state index is 13.4. The molecule has 4 heterocycles. The largest absolute Gasteiger partial charge is 0.356 e. The third-order valence-corrected chi connectivity index (χ3v) is 9.39. The third kappa shape index (κ3) is 4.51. The Balaban J connectivity index is 1.11. The van der Waals surface area contributed by atoms with Crippen molar-refractivity contribution in [2.24, 2.45) is 0 Å². The highest BCUT2D eigenvalue weighted by Crippen LogP contribution is 2.33. The normalized spacial score (nSPS) is 19.0. The summed E-state index contributed by atoms with van der Waals surface area (Å²) in [6, 6.07) is 6.43. The van der Waals surface area contributed by atoms with Crippen molar-refractivity contribution in [3.63, 3.8) is 0 Å². The molecule has 0 aliphatic carbocycles. The average molecular weight is 476 g/mol. The summed E-state index contributed by atoms with van der Waals surface area (Å²) in [7, 11) is -1.06. The molecule has 6 nitrogen and oxygen atoms in total. The number of hydrogen-bond acceptors (Lipinski definition) is 6. The number of fused-ring (bicyclic) bond motifs is 2. The van der Waals surface area contributed by atoms with Crippen LogP contribution in [-0.2, 0) is 17.2 Å². The van der Waals surface area contributed by atoms with Crippen molar-refractivity contribution < 1.29 is 17.9 Å². The highest BCUT2D eigenvalue weighted by molar-refractivity contribution is 7.87. The maximum atomic E-state index is 13.4. The van der Waals surface area contributed by atoms with Crippen LogP contribution >= 0.6 is 11.3 Å². The number of carbonyl (C=O) groups is 1. The van der Waals surface area contributed by atoms with E-state index >= 15 is 0 Å². The number of nitrogens with one attached hydrogen (secondary N) is 1. The summed E-state index contributed by atoms with van der Waals surface area (Å²) < 4.78 is 32.3. The molecule has 1 fully saturated rings. The second-order valence-electron chi connectivity index (χ2n) is 8.49. The second-order valence-corrected chi connectivity index (χ2v) is 11.4. The average Bonchev–Trinajstić information content (AvgIpc) is 3.37. The zero-order valence-electron chi connectivity index (χ0n) is 17.8. The van der Waals surface area contributed by atoms with Crippen LogP contribution < -0.4 is 5.32 Å². The summed E-state index contributed by atoms with van der Waals surface area (Å²) in [5, 5.41) is 8.02. The van der Waals surface area contributed by atoms with Gasteiger partial charge >= 0.3 is 0 Å². The molecule has 0 bridgehead atoms. The van der Waals surface area contributed by atoms with Crippen molar-refractivity contribution in [2.75, 3.05) is 31.9 Å². The van der Waals surface area contributed by atoms with Gasteiger partial charge in [0.15, 0.2) is 5.58 Å². The van der Waals surface area contributed by atoms with Gasteiger partial charge in [0.05, 0.1) is 26.3 Å². The van der Waals surface area contributed by atoms with Crippen LogP contribution in [0, 0.1) is 5.82 Å². The summed E-state index contributed by atoms with van der Waals surface area (Å²) in [6.45, 7) is 3.54. The van der Waals surface area contributed by atoms with Gasteiger partial charge in [-0.2, -0.15) is 0 Å². The monoisotopic (exact) mass is 475 g/mol. The molecule has 1 unspecified atom stereocenters. The number of hydrogen-bond donors (Lipinski definition) is 1. The summed E-state index contributed by atoms with van der Waals surface area (Å²) in [4.78, 5) is 15.6. The zero-order valence-corrected chi connectivity index (χ0v) is 19.4. The number of thiophene rings is 1. The molecule has 1 N–H and O–H groups in total. The molecule has 170 valence electrons. The van der Waals surface area contributed by atoms with Crippen molar-refractivity contribution >= 4 is 39.0 Å². The van der Waals surface area contributed by atoms with Gasteiger partial charge < -0.3 is 14.7 Å². The number of piperidine rings is 1. The minimum Gasteiger partial charge on any atom is -0.356 e. The summed E-state index contributed by atoms with van der Waals surface area (Å²) in [5.74, 6) is 0.582. The summed E-state index contributed by atoms with van der Waals surface area (Å²) in [6.07, 6.45) is 4.63. The molecule has 2 aliphatic heterocycles. The lowest BCUT2D eigenvalue weighted by atomic mass is 9.91. The van der Waals surface area contributed by atoms with E-state index in [1.807, 2.05) is 6.07 Å². The number of amides is 1. The number of benzene rings is 1. The molecule has 32 heavy (non-hydrogen) atoms. The minimum absolute atomic E-state index is 0.0371. The molecule has 1 saturated heterocycles. The SMILES string of the molecule is O=C1NCCCc2sc(S(=O)CCCN3CCC(c4noc5cc(F)ccc45)CC3)cc21. The predicted molar refractivity (Wildman–Crippen MR) is 123 cm³/mol. The lowest BCUT2D eigenvalue weighted by molar-refractivity contribution is 0.0956. The first-order chi connectivity index (χ1) is 15.6. The first-order valence-corrected chi connectivity index (χ1v) is 13.3. The molecule has 0 saturated carbocycles. The van der Waals surface area contributed by atoms with Crippen LogP contribution in [0.15, 0.2) is 33.0 Å². The number of nitrogens with zero attached hydrogens (tertiary/aromatic N) is 2. The second kappa shape index (κ2) is 9.41. The Morgan fingerprint density at radius 3 is 2.97 bits per heavy atom. The Morgan fingerprint density at radius 2 is 2.12 bits per heavy atom. The first kappa shape index (κ1) is 21.7. The van der Waals surface area contributed by atoms with Crippen LogP contribution in [0.2, 0.25) is 0 Å². The van der Waals surface area contributed by atoms with Crippen LogP contribution in [0.4, 0.5) is 4.39 Å². The van der Waals surface area contributed by atoms with Gasteiger partial charge in [-0.25, -0.2) is 4.39 Å². The molecule has 1 atom stereocenters. The van der Waals surface area contributed by atoms with Gasteiger partial charge in [-0.3, -0.25) is 9.00 Å². The van der Waals surface area contributed by atoms with E-state index in [9.17, 15) is 13.4 Å². The number of halogens is 1. The molecule has 3 aromatic rings. The number of rotatable bonds is 6. The van der Waals surface area contributed by atoms with E-state index < -0.39 is 10.8 Å². The van der Waals surface area contributed by atoms with E-state index in [2.05, 4.69) is 15.4 Å². The highest BCUT2D eigenvalue weighted by atomic mass is 32.2.